The summed E-state index contributed by atoms with van der Waals surface area (Å²) in [5.74, 6) is -1.25. The Balaban J connectivity index is 1.94. The molecule has 2 N–H and O–H groups in total. The highest BCUT2D eigenvalue weighted by molar-refractivity contribution is 5.80. The number of carboxylic acids is 1. The molecule has 5 heteroatoms. The summed E-state index contributed by atoms with van der Waals surface area (Å²) in [5, 5.41) is 11.7. The molecule has 1 fully saturated rings. The fourth-order valence-electron chi connectivity index (χ4n) is 3.55. The second-order valence-corrected chi connectivity index (χ2v) is 7.75. The molecule has 0 aromatic rings. The fourth-order valence-corrected chi connectivity index (χ4v) is 3.55. The van der Waals surface area contributed by atoms with Gasteiger partial charge < -0.3 is 9.84 Å². The number of rotatable bonds is 16. The highest BCUT2D eigenvalue weighted by atomic mass is 16.6. The summed E-state index contributed by atoms with van der Waals surface area (Å²) in [7, 11) is 0. The van der Waals surface area contributed by atoms with Crippen LogP contribution >= 0.6 is 0 Å². The molecule has 1 aliphatic rings. The van der Waals surface area contributed by atoms with E-state index in [2.05, 4.69) is 12.2 Å². The number of carboxylic acid groups (broad SMARTS) is 1. The van der Waals surface area contributed by atoms with Crippen LogP contribution in [0.2, 0.25) is 0 Å². The second kappa shape index (κ2) is 14.0. The Morgan fingerprint density at radius 1 is 1.04 bits per heavy atom. The molecule has 1 heterocycles. The third-order valence-electron chi connectivity index (χ3n) is 5.27. The van der Waals surface area contributed by atoms with Crippen molar-refractivity contribution in [3.8, 4) is 0 Å². The first-order valence-electron chi connectivity index (χ1n) is 10.7. The summed E-state index contributed by atoms with van der Waals surface area (Å²) < 4.78 is 5.36. The third kappa shape index (κ3) is 10.1. The average molecular weight is 370 g/mol. The SMILES string of the molecule is CCCCCCCCCCCCCCC1CC(N[C@@H](C)C(=O)O)C(=O)O1. The minimum Gasteiger partial charge on any atom is -0.480 e. The summed E-state index contributed by atoms with van der Waals surface area (Å²) >= 11 is 0. The molecule has 152 valence electrons. The van der Waals surface area contributed by atoms with Crippen molar-refractivity contribution in [1.82, 2.24) is 5.32 Å². The number of carbonyl (C=O) groups excluding carboxylic acids is 1. The highest BCUT2D eigenvalue weighted by Gasteiger charge is 2.35. The summed E-state index contributed by atoms with van der Waals surface area (Å²) in [5.41, 5.74) is 0. The normalized spacial score (nSPS) is 20.9. The lowest BCUT2D eigenvalue weighted by atomic mass is 10.0. The van der Waals surface area contributed by atoms with Crippen LogP contribution in [-0.4, -0.2) is 35.2 Å². The zero-order valence-electron chi connectivity index (χ0n) is 16.8. The number of hydrogen-bond donors (Lipinski definition) is 2. The molecular weight excluding hydrogens is 330 g/mol. The van der Waals surface area contributed by atoms with Crippen LogP contribution in [0, 0.1) is 0 Å². The molecule has 26 heavy (non-hydrogen) atoms. The number of unbranched alkanes of at least 4 members (excludes halogenated alkanes) is 11. The topological polar surface area (TPSA) is 75.6 Å². The number of nitrogens with one attached hydrogen (secondary N) is 1. The van der Waals surface area contributed by atoms with Crippen molar-refractivity contribution in [3.63, 3.8) is 0 Å². The van der Waals surface area contributed by atoms with E-state index < -0.39 is 18.1 Å². The highest BCUT2D eigenvalue weighted by Crippen LogP contribution is 2.21. The Bertz CT molecular complexity index is 399. The van der Waals surface area contributed by atoms with E-state index in [-0.39, 0.29) is 12.1 Å². The van der Waals surface area contributed by atoms with E-state index in [0.717, 1.165) is 12.8 Å². The van der Waals surface area contributed by atoms with Crippen molar-refractivity contribution < 1.29 is 19.4 Å². The molecule has 0 aromatic carbocycles. The molecule has 1 aliphatic heterocycles. The van der Waals surface area contributed by atoms with Gasteiger partial charge in [-0.1, -0.05) is 77.6 Å². The standard InChI is InChI=1S/C21H39NO4/c1-3-4-5-6-7-8-9-10-11-12-13-14-15-18-16-19(21(25)26-18)22-17(2)20(23)24/h17-19,22H,3-16H2,1-2H3,(H,23,24)/t17-,18?,19?/m0/s1. The Morgan fingerprint density at radius 2 is 1.54 bits per heavy atom. The van der Waals surface area contributed by atoms with Gasteiger partial charge in [0.2, 0.25) is 0 Å². The van der Waals surface area contributed by atoms with Gasteiger partial charge in [-0.05, 0) is 19.8 Å². The van der Waals surface area contributed by atoms with Crippen molar-refractivity contribution in [3.05, 3.63) is 0 Å². The lowest BCUT2D eigenvalue weighted by Crippen LogP contribution is -2.43. The molecule has 0 aromatic heterocycles. The average Bonchev–Trinajstić information content (AvgIpc) is 2.95. The minimum atomic E-state index is -0.942. The van der Waals surface area contributed by atoms with E-state index in [9.17, 15) is 9.59 Å². The van der Waals surface area contributed by atoms with E-state index >= 15 is 0 Å². The van der Waals surface area contributed by atoms with E-state index in [0.29, 0.717) is 6.42 Å². The molecule has 0 amide bonds. The molecule has 0 spiro atoms. The zero-order chi connectivity index (χ0) is 19.2. The van der Waals surface area contributed by atoms with Gasteiger partial charge in [0.1, 0.15) is 18.2 Å². The summed E-state index contributed by atoms with van der Waals surface area (Å²) in [6.45, 7) is 3.81. The van der Waals surface area contributed by atoms with E-state index in [1.54, 1.807) is 6.92 Å². The van der Waals surface area contributed by atoms with Crippen molar-refractivity contribution in [2.75, 3.05) is 0 Å². The largest absolute Gasteiger partial charge is 0.480 e. The molecule has 1 saturated heterocycles. The summed E-state index contributed by atoms with van der Waals surface area (Å²) in [6, 6.07) is -1.19. The van der Waals surface area contributed by atoms with E-state index in [1.165, 1.54) is 70.6 Å². The number of esters is 1. The van der Waals surface area contributed by atoms with E-state index in [4.69, 9.17) is 9.84 Å². The number of ether oxygens (including phenoxy) is 1. The van der Waals surface area contributed by atoms with Gasteiger partial charge in [0.25, 0.3) is 0 Å². The molecule has 0 radical (unpaired) electrons. The maximum atomic E-state index is 11.8. The first kappa shape index (κ1) is 22.9. The van der Waals surface area contributed by atoms with Crippen LogP contribution in [0.5, 0.6) is 0 Å². The van der Waals surface area contributed by atoms with Gasteiger partial charge in [-0.25, -0.2) is 0 Å². The summed E-state index contributed by atoms with van der Waals surface area (Å²) in [4.78, 5) is 22.6. The lowest BCUT2D eigenvalue weighted by molar-refractivity contribution is -0.144. The lowest BCUT2D eigenvalue weighted by Gasteiger charge is -2.12. The van der Waals surface area contributed by atoms with Crippen LogP contribution in [0.1, 0.15) is 104 Å². The van der Waals surface area contributed by atoms with Gasteiger partial charge in [-0.2, -0.15) is 0 Å². The second-order valence-electron chi connectivity index (χ2n) is 7.75. The van der Waals surface area contributed by atoms with Gasteiger partial charge in [0, 0.05) is 6.42 Å². The quantitative estimate of drug-likeness (QED) is 0.301. The van der Waals surface area contributed by atoms with Crippen LogP contribution in [0.3, 0.4) is 0 Å². The van der Waals surface area contributed by atoms with Crippen molar-refractivity contribution in [1.29, 1.82) is 0 Å². The van der Waals surface area contributed by atoms with Crippen LogP contribution in [0.25, 0.3) is 0 Å². The van der Waals surface area contributed by atoms with Crippen LogP contribution in [0.4, 0.5) is 0 Å². The summed E-state index contributed by atoms with van der Waals surface area (Å²) in [6.07, 6.45) is 17.2. The van der Waals surface area contributed by atoms with Crippen molar-refractivity contribution in [2.45, 2.75) is 122 Å². The minimum absolute atomic E-state index is 0.0517. The Morgan fingerprint density at radius 3 is 2.04 bits per heavy atom. The molecule has 3 atom stereocenters. The number of cyclic esters (lactones) is 1. The molecule has 1 rings (SSSR count). The molecule has 0 saturated carbocycles. The third-order valence-corrected chi connectivity index (χ3v) is 5.27. The first-order chi connectivity index (χ1) is 12.5. The monoisotopic (exact) mass is 369 g/mol. The molecule has 0 bridgehead atoms. The fraction of sp³-hybridized carbons (Fsp3) is 0.905. The number of carbonyl (C=O) groups is 2. The first-order valence-corrected chi connectivity index (χ1v) is 10.7. The van der Waals surface area contributed by atoms with Crippen molar-refractivity contribution >= 4 is 11.9 Å². The zero-order valence-corrected chi connectivity index (χ0v) is 16.8. The Hall–Kier alpha value is -1.10. The van der Waals surface area contributed by atoms with Gasteiger partial charge in [-0.3, -0.25) is 14.9 Å². The molecule has 5 nitrogen and oxygen atoms in total. The smallest absolute Gasteiger partial charge is 0.323 e. The molecule has 2 unspecified atom stereocenters. The van der Waals surface area contributed by atoms with Crippen LogP contribution in [0.15, 0.2) is 0 Å². The van der Waals surface area contributed by atoms with Crippen LogP contribution < -0.4 is 5.32 Å². The van der Waals surface area contributed by atoms with Gasteiger partial charge in [-0.15, -0.1) is 0 Å². The number of aliphatic carboxylic acids is 1. The predicted molar refractivity (Wildman–Crippen MR) is 104 cm³/mol. The Labute approximate surface area is 159 Å². The van der Waals surface area contributed by atoms with Crippen LogP contribution in [-0.2, 0) is 14.3 Å². The molecular formula is C21H39NO4. The number of hydrogen-bond acceptors (Lipinski definition) is 4. The van der Waals surface area contributed by atoms with Gasteiger partial charge >= 0.3 is 11.9 Å². The predicted octanol–water partition coefficient (Wildman–Crippen LogP) is 4.82. The molecule has 0 aliphatic carbocycles. The maximum absolute atomic E-state index is 11.8. The van der Waals surface area contributed by atoms with E-state index in [1.807, 2.05) is 0 Å². The maximum Gasteiger partial charge on any atom is 0.323 e. The van der Waals surface area contributed by atoms with Gasteiger partial charge in [0.15, 0.2) is 0 Å². The van der Waals surface area contributed by atoms with Crippen molar-refractivity contribution in [2.24, 2.45) is 0 Å². The Kier molecular flexibility index (Phi) is 12.4. The van der Waals surface area contributed by atoms with Gasteiger partial charge in [0.05, 0.1) is 0 Å².